The molecule has 1 N–H and O–H groups in total. The van der Waals surface area contributed by atoms with Crippen molar-refractivity contribution in [3.05, 3.63) is 29.6 Å². The highest BCUT2D eigenvalue weighted by molar-refractivity contribution is 5.94. The summed E-state index contributed by atoms with van der Waals surface area (Å²) >= 11 is 0. The molecule has 108 valence electrons. The minimum Gasteiger partial charge on any atom is -0.477 e. The van der Waals surface area contributed by atoms with Crippen LogP contribution in [-0.2, 0) is 0 Å². The first-order valence-electron chi connectivity index (χ1n) is 6.64. The van der Waals surface area contributed by atoms with Crippen LogP contribution in [0.15, 0.2) is 18.3 Å². The maximum absolute atomic E-state index is 12.3. The Morgan fingerprint density at radius 2 is 2.00 bits per heavy atom. The molecule has 0 bridgehead atoms. The largest absolute Gasteiger partial charge is 0.477 e. The zero-order chi connectivity index (χ0) is 14.7. The quantitative estimate of drug-likeness (QED) is 0.890. The van der Waals surface area contributed by atoms with E-state index < -0.39 is 5.97 Å². The van der Waals surface area contributed by atoms with Crippen molar-refractivity contribution in [2.75, 3.05) is 27.2 Å². The van der Waals surface area contributed by atoms with E-state index in [2.05, 4.69) is 16.9 Å². The van der Waals surface area contributed by atoms with Crippen molar-refractivity contribution < 1.29 is 14.7 Å². The van der Waals surface area contributed by atoms with Crippen LogP contribution in [0.2, 0.25) is 0 Å². The van der Waals surface area contributed by atoms with Crippen LogP contribution >= 0.6 is 0 Å². The van der Waals surface area contributed by atoms with Crippen LogP contribution in [0, 0.1) is 0 Å². The molecule has 1 saturated heterocycles. The number of aromatic nitrogens is 1. The molecule has 0 atom stereocenters. The van der Waals surface area contributed by atoms with Crippen LogP contribution in [0.5, 0.6) is 0 Å². The summed E-state index contributed by atoms with van der Waals surface area (Å²) in [5, 5.41) is 8.79. The number of nitrogens with zero attached hydrogens (tertiary/aromatic N) is 3. The molecule has 6 heteroatoms. The summed E-state index contributed by atoms with van der Waals surface area (Å²) < 4.78 is 0. The van der Waals surface area contributed by atoms with Gasteiger partial charge in [0.15, 0.2) is 0 Å². The van der Waals surface area contributed by atoms with E-state index in [1.165, 1.54) is 18.3 Å². The fourth-order valence-electron chi connectivity index (χ4n) is 2.40. The summed E-state index contributed by atoms with van der Waals surface area (Å²) in [6.45, 7) is 1.97. The fraction of sp³-hybridized carbons (Fsp3) is 0.500. The van der Waals surface area contributed by atoms with E-state index in [9.17, 15) is 9.59 Å². The molecular formula is C14H19N3O3. The highest BCUT2D eigenvalue weighted by atomic mass is 16.4. The number of rotatable bonds is 3. The predicted molar refractivity (Wildman–Crippen MR) is 73.8 cm³/mol. The zero-order valence-corrected chi connectivity index (χ0v) is 11.7. The summed E-state index contributed by atoms with van der Waals surface area (Å²) in [6.07, 6.45) is 3.25. The summed E-state index contributed by atoms with van der Waals surface area (Å²) in [6, 6.07) is 3.11. The van der Waals surface area contributed by atoms with Crippen molar-refractivity contribution in [1.29, 1.82) is 0 Å². The van der Waals surface area contributed by atoms with Crippen LogP contribution < -0.4 is 0 Å². The van der Waals surface area contributed by atoms with Crippen LogP contribution in [0.3, 0.4) is 0 Å². The van der Waals surface area contributed by atoms with Gasteiger partial charge < -0.3 is 14.9 Å². The summed E-state index contributed by atoms with van der Waals surface area (Å²) in [7, 11) is 3.87. The Morgan fingerprint density at radius 3 is 2.50 bits per heavy atom. The van der Waals surface area contributed by atoms with Gasteiger partial charge in [-0.05, 0) is 45.1 Å². The molecule has 0 spiro atoms. The molecule has 6 nitrogen and oxygen atoms in total. The van der Waals surface area contributed by atoms with Gasteiger partial charge in [0, 0.05) is 19.3 Å². The van der Waals surface area contributed by atoms with Gasteiger partial charge in [-0.2, -0.15) is 0 Å². The average molecular weight is 277 g/mol. The number of hydrogen-bond acceptors (Lipinski definition) is 4. The second-order valence-electron chi connectivity index (χ2n) is 5.19. The lowest BCUT2D eigenvalue weighted by molar-refractivity contribution is 0.0653. The molecule has 1 amide bonds. The van der Waals surface area contributed by atoms with Gasteiger partial charge in [-0.15, -0.1) is 0 Å². The normalized spacial score (nSPS) is 16.9. The Balaban J connectivity index is 2.04. The number of pyridine rings is 1. The van der Waals surface area contributed by atoms with Gasteiger partial charge >= 0.3 is 5.97 Å². The molecule has 0 aromatic carbocycles. The number of aromatic carboxylic acids is 1. The molecule has 2 rings (SSSR count). The molecule has 1 aromatic heterocycles. The molecule has 0 aliphatic carbocycles. The second-order valence-corrected chi connectivity index (χ2v) is 5.19. The third-order valence-electron chi connectivity index (χ3n) is 3.79. The zero-order valence-electron chi connectivity index (χ0n) is 11.7. The standard InChI is InChI=1S/C14H19N3O3/c1-16-7-5-11(6-8-16)17(2)13(18)10-3-4-12(14(19)20)15-9-10/h3-4,9,11H,5-8H2,1-2H3,(H,19,20). The predicted octanol–water partition coefficient (Wildman–Crippen LogP) is 0.946. The van der Waals surface area contributed by atoms with Crippen LogP contribution in [0.1, 0.15) is 33.7 Å². The smallest absolute Gasteiger partial charge is 0.354 e. The molecule has 2 heterocycles. The van der Waals surface area contributed by atoms with E-state index in [0.29, 0.717) is 5.56 Å². The lowest BCUT2D eigenvalue weighted by atomic mass is 10.0. The van der Waals surface area contributed by atoms with Gasteiger partial charge in [-0.1, -0.05) is 0 Å². The first kappa shape index (κ1) is 14.5. The van der Waals surface area contributed by atoms with E-state index in [1.807, 2.05) is 0 Å². The maximum Gasteiger partial charge on any atom is 0.354 e. The molecule has 1 fully saturated rings. The maximum atomic E-state index is 12.3. The number of amides is 1. The Morgan fingerprint density at radius 1 is 1.35 bits per heavy atom. The first-order chi connectivity index (χ1) is 9.49. The van der Waals surface area contributed by atoms with E-state index in [-0.39, 0.29) is 17.6 Å². The molecular weight excluding hydrogens is 258 g/mol. The molecule has 1 aromatic rings. The van der Waals surface area contributed by atoms with Gasteiger partial charge in [0.05, 0.1) is 5.56 Å². The van der Waals surface area contributed by atoms with Crippen LogP contribution in [0.25, 0.3) is 0 Å². The van der Waals surface area contributed by atoms with Crippen LogP contribution in [-0.4, -0.2) is 65.0 Å². The highest BCUT2D eigenvalue weighted by Gasteiger charge is 2.24. The monoisotopic (exact) mass is 277 g/mol. The van der Waals surface area contributed by atoms with Gasteiger partial charge in [0.25, 0.3) is 5.91 Å². The van der Waals surface area contributed by atoms with E-state index >= 15 is 0 Å². The third-order valence-corrected chi connectivity index (χ3v) is 3.79. The van der Waals surface area contributed by atoms with Gasteiger partial charge in [-0.25, -0.2) is 9.78 Å². The number of carbonyl (C=O) groups excluding carboxylic acids is 1. The number of hydrogen-bond donors (Lipinski definition) is 1. The Hall–Kier alpha value is -1.95. The summed E-state index contributed by atoms with van der Waals surface area (Å²) in [5.41, 5.74) is 0.375. The second kappa shape index (κ2) is 6.00. The Bertz CT molecular complexity index is 493. The van der Waals surface area contributed by atoms with Crippen molar-refractivity contribution in [1.82, 2.24) is 14.8 Å². The lowest BCUT2D eigenvalue weighted by Crippen LogP contribution is -2.44. The summed E-state index contributed by atoms with van der Waals surface area (Å²) in [5.74, 6) is -1.20. The first-order valence-corrected chi connectivity index (χ1v) is 6.64. The minimum absolute atomic E-state index is 0.0523. The van der Waals surface area contributed by atoms with Crippen molar-refractivity contribution in [3.63, 3.8) is 0 Å². The Labute approximate surface area is 118 Å². The van der Waals surface area contributed by atoms with Gasteiger partial charge in [-0.3, -0.25) is 4.79 Å². The topological polar surface area (TPSA) is 73.7 Å². The minimum atomic E-state index is -1.09. The third kappa shape index (κ3) is 3.14. The van der Waals surface area contributed by atoms with Crippen LogP contribution in [0.4, 0.5) is 0 Å². The fourth-order valence-corrected chi connectivity index (χ4v) is 2.40. The van der Waals surface area contributed by atoms with Crippen molar-refractivity contribution >= 4 is 11.9 Å². The number of likely N-dealkylation sites (tertiary alicyclic amines) is 1. The van der Waals surface area contributed by atoms with Gasteiger partial charge in [0.1, 0.15) is 5.69 Å². The SMILES string of the molecule is CN1CCC(N(C)C(=O)c2ccc(C(=O)O)nc2)CC1. The lowest BCUT2D eigenvalue weighted by Gasteiger charge is -2.35. The number of piperidine rings is 1. The molecule has 0 unspecified atom stereocenters. The van der Waals surface area contributed by atoms with E-state index in [4.69, 9.17) is 5.11 Å². The van der Waals surface area contributed by atoms with Gasteiger partial charge in [0.2, 0.25) is 0 Å². The molecule has 20 heavy (non-hydrogen) atoms. The number of carboxylic acids is 1. The highest BCUT2D eigenvalue weighted by Crippen LogP contribution is 2.16. The molecule has 1 aliphatic rings. The number of carbonyl (C=O) groups is 2. The molecule has 0 saturated carbocycles. The number of carboxylic acid groups (broad SMARTS) is 1. The average Bonchev–Trinajstić information content (AvgIpc) is 2.46. The Kier molecular flexibility index (Phi) is 4.34. The van der Waals surface area contributed by atoms with E-state index in [0.717, 1.165) is 25.9 Å². The van der Waals surface area contributed by atoms with Crippen molar-refractivity contribution in [2.24, 2.45) is 0 Å². The van der Waals surface area contributed by atoms with Crippen molar-refractivity contribution in [2.45, 2.75) is 18.9 Å². The molecule has 0 radical (unpaired) electrons. The van der Waals surface area contributed by atoms with E-state index in [1.54, 1.807) is 11.9 Å². The molecule has 1 aliphatic heterocycles. The van der Waals surface area contributed by atoms with Crippen molar-refractivity contribution in [3.8, 4) is 0 Å². The summed E-state index contributed by atoms with van der Waals surface area (Å²) in [4.78, 5) is 30.8.